The summed E-state index contributed by atoms with van der Waals surface area (Å²) in [5, 5.41) is 10.4. The van der Waals surface area contributed by atoms with Gasteiger partial charge in [-0.25, -0.2) is 4.39 Å². The maximum absolute atomic E-state index is 14.0. The summed E-state index contributed by atoms with van der Waals surface area (Å²) in [6.07, 6.45) is 5.92. The highest BCUT2D eigenvalue weighted by molar-refractivity contribution is 5.37. The third-order valence-corrected chi connectivity index (χ3v) is 2.97. The molecule has 0 saturated heterocycles. The van der Waals surface area contributed by atoms with Crippen molar-refractivity contribution in [2.75, 3.05) is 7.11 Å². The fourth-order valence-corrected chi connectivity index (χ4v) is 2.08. The van der Waals surface area contributed by atoms with Crippen molar-refractivity contribution < 1.29 is 14.2 Å². The van der Waals surface area contributed by atoms with Crippen molar-refractivity contribution in [2.45, 2.75) is 24.9 Å². The monoisotopic (exact) mass is 222 g/mol. The third kappa shape index (κ3) is 1.83. The van der Waals surface area contributed by atoms with Gasteiger partial charge in [0.25, 0.3) is 0 Å². The summed E-state index contributed by atoms with van der Waals surface area (Å²) >= 11 is 0. The molecule has 3 heteroatoms. The lowest BCUT2D eigenvalue weighted by atomic mass is 9.84. The van der Waals surface area contributed by atoms with Crippen LogP contribution in [0.15, 0.2) is 30.4 Å². The average Bonchev–Trinajstić information content (AvgIpc) is 2.30. The van der Waals surface area contributed by atoms with Crippen molar-refractivity contribution in [1.82, 2.24) is 0 Å². The first-order chi connectivity index (χ1) is 7.67. The number of allylic oxidation sites excluding steroid dienone is 1. The largest absolute Gasteiger partial charge is 0.494 e. The van der Waals surface area contributed by atoms with Crippen LogP contribution in [0.1, 0.15) is 24.8 Å². The molecule has 86 valence electrons. The molecule has 0 bridgehead atoms. The molecule has 0 radical (unpaired) electrons. The lowest BCUT2D eigenvalue weighted by Crippen LogP contribution is -2.26. The molecule has 0 heterocycles. The van der Waals surface area contributed by atoms with Crippen LogP contribution >= 0.6 is 0 Å². The molecule has 2 rings (SSSR count). The van der Waals surface area contributed by atoms with Crippen LogP contribution in [0.4, 0.5) is 4.39 Å². The molecule has 1 N–H and O–H groups in total. The summed E-state index contributed by atoms with van der Waals surface area (Å²) in [5.74, 6) is -0.302. The highest BCUT2D eigenvalue weighted by Gasteiger charge is 2.31. The number of ether oxygens (including phenoxy) is 1. The van der Waals surface area contributed by atoms with Gasteiger partial charge in [0.15, 0.2) is 11.6 Å². The van der Waals surface area contributed by atoms with Gasteiger partial charge < -0.3 is 9.84 Å². The van der Waals surface area contributed by atoms with E-state index in [2.05, 4.69) is 0 Å². The summed E-state index contributed by atoms with van der Waals surface area (Å²) in [6.45, 7) is 0. The lowest BCUT2D eigenvalue weighted by molar-refractivity contribution is 0.0682. The van der Waals surface area contributed by atoms with Crippen molar-refractivity contribution in [1.29, 1.82) is 0 Å². The highest BCUT2D eigenvalue weighted by Crippen LogP contribution is 2.36. The predicted molar refractivity (Wildman–Crippen MR) is 59.8 cm³/mol. The Morgan fingerprint density at radius 3 is 2.88 bits per heavy atom. The Balaban J connectivity index is 2.47. The van der Waals surface area contributed by atoms with Crippen molar-refractivity contribution in [3.63, 3.8) is 0 Å². The number of aliphatic hydroxyl groups is 1. The summed E-state index contributed by atoms with van der Waals surface area (Å²) < 4.78 is 18.9. The van der Waals surface area contributed by atoms with Gasteiger partial charge in [-0.15, -0.1) is 0 Å². The van der Waals surface area contributed by atoms with Gasteiger partial charge >= 0.3 is 0 Å². The van der Waals surface area contributed by atoms with Gasteiger partial charge in [0, 0.05) is 5.56 Å². The second kappa shape index (κ2) is 4.26. The number of halogens is 1. The van der Waals surface area contributed by atoms with Gasteiger partial charge in [0.2, 0.25) is 0 Å². The second-order valence-electron chi connectivity index (χ2n) is 4.04. The van der Waals surface area contributed by atoms with Gasteiger partial charge in [-0.1, -0.05) is 24.3 Å². The van der Waals surface area contributed by atoms with E-state index in [1.165, 1.54) is 7.11 Å². The van der Waals surface area contributed by atoms with Crippen molar-refractivity contribution in [2.24, 2.45) is 0 Å². The molecule has 0 amide bonds. The second-order valence-corrected chi connectivity index (χ2v) is 4.04. The van der Waals surface area contributed by atoms with Gasteiger partial charge in [0.1, 0.15) is 5.60 Å². The van der Waals surface area contributed by atoms with Crippen molar-refractivity contribution >= 4 is 0 Å². The Labute approximate surface area is 94.4 Å². The zero-order valence-corrected chi connectivity index (χ0v) is 9.24. The molecule has 1 aliphatic rings. The Hall–Kier alpha value is -1.35. The SMILES string of the molecule is COc1cccc(C2(O)C=CCCC2)c1F. The van der Waals surface area contributed by atoms with Crippen LogP contribution in [0.5, 0.6) is 5.75 Å². The molecule has 0 saturated carbocycles. The molecule has 1 unspecified atom stereocenters. The van der Waals surface area contributed by atoms with E-state index >= 15 is 0 Å². The number of methoxy groups -OCH3 is 1. The molecule has 1 atom stereocenters. The Morgan fingerprint density at radius 1 is 1.44 bits per heavy atom. The van der Waals surface area contributed by atoms with Crippen molar-refractivity contribution in [3.05, 3.63) is 41.7 Å². The summed E-state index contributed by atoms with van der Waals surface area (Å²) in [4.78, 5) is 0. The molecule has 2 nitrogen and oxygen atoms in total. The van der Waals surface area contributed by atoms with Crippen LogP contribution in [-0.2, 0) is 5.60 Å². The van der Waals surface area contributed by atoms with E-state index in [-0.39, 0.29) is 5.75 Å². The predicted octanol–water partition coefficient (Wildman–Crippen LogP) is 2.76. The zero-order valence-electron chi connectivity index (χ0n) is 9.24. The highest BCUT2D eigenvalue weighted by atomic mass is 19.1. The van der Waals surface area contributed by atoms with E-state index in [4.69, 9.17) is 4.74 Å². The maximum Gasteiger partial charge on any atom is 0.171 e. The maximum atomic E-state index is 14.0. The van der Waals surface area contributed by atoms with Crippen LogP contribution in [-0.4, -0.2) is 12.2 Å². The van der Waals surface area contributed by atoms with E-state index in [0.717, 1.165) is 12.8 Å². The number of benzene rings is 1. The zero-order chi connectivity index (χ0) is 11.6. The molecule has 1 aliphatic carbocycles. The van der Waals surface area contributed by atoms with Gasteiger partial charge in [-0.2, -0.15) is 0 Å². The number of rotatable bonds is 2. The molecule has 1 aromatic rings. The topological polar surface area (TPSA) is 29.5 Å². The third-order valence-electron chi connectivity index (χ3n) is 2.97. The Kier molecular flexibility index (Phi) is 2.97. The van der Waals surface area contributed by atoms with E-state index in [1.54, 1.807) is 24.3 Å². The standard InChI is InChI=1S/C13H15FO2/c1-16-11-7-5-6-10(12(11)14)13(15)8-3-2-4-9-13/h3,5-8,15H,2,4,9H2,1H3. The minimum absolute atomic E-state index is 0.171. The van der Waals surface area contributed by atoms with Gasteiger partial charge in [0.05, 0.1) is 7.11 Å². The van der Waals surface area contributed by atoms with Gasteiger partial charge in [-0.05, 0) is 25.3 Å². The van der Waals surface area contributed by atoms with Crippen LogP contribution in [0.25, 0.3) is 0 Å². The van der Waals surface area contributed by atoms with Crippen molar-refractivity contribution in [3.8, 4) is 5.75 Å². The van der Waals surface area contributed by atoms with E-state index in [1.807, 2.05) is 6.08 Å². The van der Waals surface area contributed by atoms with Crippen LogP contribution in [0, 0.1) is 5.82 Å². The molecular formula is C13H15FO2. The first-order valence-corrected chi connectivity index (χ1v) is 5.40. The summed E-state index contributed by atoms with van der Waals surface area (Å²) in [7, 11) is 1.42. The van der Waals surface area contributed by atoms with E-state index in [0.29, 0.717) is 12.0 Å². The molecule has 0 spiro atoms. The fraction of sp³-hybridized carbons (Fsp3) is 0.385. The quantitative estimate of drug-likeness (QED) is 0.780. The van der Waals surface area contributed by atoms with E-state index < -0.39 is 11.4 Å². The number of hydrogen-bond donors (Lipinski definition) is 1. The minimum atomic E-state index is -1.18. The van der Waals surface area contributed by atoms with Crippen LogP contribution < -0.4 is 4.74 Å². The first kappa shape index (κ1) is 11.1. The normalized spacial score (nSPS) is 24.4. The molecular weight excluding hydrogens is 207 g/mol. The fourth-order valence-electron chi connectivity index (χ4n) is 2.08. The van der Waals surface area contributed by atoms with Crippen LogP contribution in [0.3, 0.4) is 0 Å². The van der Waals surface area contributed by atoms with E-state index in [9.17, 15) is 9.50 Å². The molecule has 1 aromatic carbocycles. The first-order valence-electron chi connectivity index (χ1n) is 5.40. The molecule has 16 heavy (non-hydrogen) atoms. The van der Waals surface area contributed by atoms with Gasteiger partial charge in [-0.3, -0.25) is 0 Å². The summed E-state index contributed by atoms with van der Waals surface area (Å²) in [6, 6.07) is 4.85. The molecule has 0 fully saturated rings. The Bertz CT molecular complexity index is 414. The number of hydrogen-bond acceptors (Lipinski definition) is 2. The average molecular weight is 222 g/mol. The smallest absolute Gasteiger partial charge is 0.171 e. The summed E-state index contributed by atoms with van der Waals surface area (Å²) in [5.41, 5.74) is -0.889. The minimum Gasteiger partial charge on any atom is -0.494 e. The lowest BCUT2D eigenvalue weighted by Gasteiger charge is -2.28. The Morgan fingerprint density at radius 2 is 2.25 bits per heavy atom. The van der Waals surface area contributed by atoms with Crippen LogP contribution in [0.2, 0.25) is 0 Å². The molecule has 0 aliphatic heterocycles. The molecule has 0 aromatic heterocycles.